The largest absolute Gasteiger partial charge is 0.494 e. The van der Waals surface area contributed by atoms with Gasteiger partial charge in [-0.25, -0.2) is 4.98 Å². The standard InChI is InChI=1S/C22H30N4O5S/c1-3-4-13-31-18-7-5-17(6-8-18)26(16-20(28)23-11-14-30-2)21(29)10-9-19(27)25-22-24-12-15-32-22/h5-8,12,15H,3-4,9-11,13-14,16H2,1-2H3,(H,23,28)(H,24,25,27). The van der Waals surface area contributed by atoms with E-state index in [1.807, 2.05) is 0 Å². The first-order valence-electron chi connectivity index (χ1n) is 10.5. The lowest BCUT2D eigenvalue weighted by atomic mass is 10.2. The lowest BCUT2D eigenvalue weighted by molar-refractivity contribution is -0.125. The quantitative estimate of drug-likeness (QED) is 0.418. The highest BCUT2D eigenvalue weighted by Gasteiger charge is 2.20. The fraction of sp³-hybridized carbons (Fsp3) is 0.455. The van der Waals surface area contributed by atoms with Crippen LogP contribution in [0.15, 0.2) is 35.8 Å². The molecule has 0 unspecified atom stereocenters. The Labute approximate surface area is 192 Å². The van der Waals surface area contributed by atoms with Crippen LogP contribution in [0.3, 0.4) is 0 Å². The highest BCUT2D eigenvalue weighted by atomic mass is 32.1. The molecule has 1 heterocycles. The van der Waals surface area contributed by atoms with Crippen LogP contribution in [0.25, 0.3) is 0 Å². The molecule has 0 saturated carbocycles. The minimum atomic E-state index is -0.333. The van der Waals surface area contributed by atoms with Crippen LogP contribution >= 0.6 is 11.3 Å². The summed E-state index contributed by atoms with van der Waals surface area (Å²) in [6, 6.07) is 7.00. The van der Waals surface area contributed by atoms with E-state index in [-0.39, 0.29) is 37.1 Å². The molecule has 2 rings (SSSR count). The first-order chi connectivity index (χ1) is 15.5. The number of carbonyl (C=O) groups is 3. The van der Waals surface area contributed by atoms with Crippen LogP contribution in [0, 0.1) is 0 Å². The molecule has 3 amide bonds. The fourth-order valence-electron chi connectivity index (χ4n) is 2.69. The molecule has 0 radical (unpaired) electrons. The molecule has 10 heteroatoms. The number of nitrogens with one attached hydrogen (secondary N) is 2. The third-order valence-corrected chi connectivity index (χ3v) is 5.08. The van der Waals surface area contributed by atoms with Gasteiger partial charge in [-0.1, -0.05) is 13.3 Å². The van der Waals surface area contributed by atoms with Gasteiger partial charge in [-0.3, -0.25) is 14.4 Å². The van der Waals surface area contributed by atoms with Crippen LogP contribution in [-0.2, 0) is 19.1 Å². The summed E-state index contributed by atoms with van der Waals surface area (Å²) >= 11 is 1.30. The summed E-state index contributed by atoms with van der Waals surface area (Å²) in [6.07, 6.45) is 3.52. The molecule has 32 heavy (non-hydrogen) atoms. The van der Waals surface area contributed by atoms with E-state index in [4.69, 9.17) is 9.47 Å². The predicted octanol–water partition coefficient (Wildman–Crippen LogP) is 2.84. The molecule has 0 bridgehead atoms. The Balaban J connectivity index is 2.01. The lowest BCUT2D eigenvalue weighted by Crippen LogP contribution is -2.42. The van der Waals surface area contributed by atoms with Gasteiger partial charge in [0.05, 0.1) is 13.2 Å². The topological polar surface area (TPSA) is 110 Å². The Morgan fingerprint density at radius 3 is 2.53 bits per heavy atom. The Hall–Kier alpha value is -2.98. The van der Waals surface area contributed by atoms with Crippen LogP contribution in [0.2, 0.25) is 0 Å². The second-order valence-corrected chi connectivity index (χ2v) is 7.80. The van der Waals surface area contributed by atoms with E-state index in [1.165, 1.54) is 16.2 Å². The van der Waals surface area contributed by atoms with Crippen molar-refractivity contribution in [3.05, 3.63) is 35.8 Å². The molecule has 0 aliphatic rings. The molecule has 0 fully saturated rings. The van der Waals surface area contributed by atoms with Crippen molar-refractivity contribution >= 4 is 39.9 Å². The van der Waals surface area contributed by atoms with Crippen molar-refractivity contribution in [2.24, 2.45) is 0 Å². The van der Waals surface area contributed by atoms with E-state index in [0.29, 0.717) is 36.3 Å². The minimum Gasteiger partial charge on any atom is -0.494 e. The Morgan fingerprint density at radius 2 is 1.88 bits per heavy atom. The number of hydrogen-bond acceptors (Lipinski definition) is 7. The number of thiazole rings is 1. The normalized spacial score (nSPS) is 10.4. The number of amides is 3. The number of ether oxygens (including phenoxy) is 2. The zero-order valence-electron chi connectivity index (χ0n) is 18.5. The van der Waals surface area contributed by atoms with E-state index in [1.54, 1.807) is 43.0 Å². The highest BCUT2D eigenvalue weighted by molar-refractivity contribution is 7.13. The van der Waals surface area contributed by atoms with Crippen molar-refractivity contribution < 1.29 is 23.9 Å². The highest BCUT2D eigenvalue weighted by Crippen LogP contribution is 2.21. The predicted molar refractivity (Wildman–Crippen MR) is 124 cm³/mol. The summed E-state index contributed by atoms with van der Waals surface area (Å²) < 4.78 is 10.6. The molecule has 0 spiro atoms. The maximum absolute atomic E-state index is 12.9. The van der Waals surface area contributed by atoms with Crippen molar-refractivity contribution in [3.63, 3.8) is 0 Å². The van der Waals surface area contributed by atoms with Gasteiger partial charge in [0.1, 0.15) is 12.3 Å². The van der Waals surface area contributed by atoms with Crippen molar-refractivity contribution in [1.82, 2.24) is 10.3 Å². The number of unbranched alkanes of at least 4 members (excludes halogenated alkanes) is 1. The molecular weight excluding hydrogens is 432 g/mol. The third kappa shape index (κ3) is 9.03. The SMILES string of the molecule is CCCCOc1ccc(N(CC(=O)NCCOC)C(=O)CCC(=O)Nc2nccs2)cc1. The summed E-state index contributed by atoms with van der Waals surface area (Å²) in [5, 5.41) is 7.59. The summed E-state index contributed by atoms with van der Waals surface area (Å²) in [4.78, 5) is 42.7. The number of carbonyl (C=O) groups excluding carboxylic acids is 3. The van der Waals surface area contributed by atoms with Gasteiger partial charge in [-0.15, -0.1) is 11.3 Å². The first-order valence-corrected chi connectivity index (χ1v) is 11.4. The molecule has 2 aromatic rings. The Morgan fingerprint density at radius 1 is 1.09 bits per heavy atom. The van der Waals surface area contributed by atoms with E-state index >= 15 is 0 Å². The molecule has 0 saturated heterocycles. The van der Waals surface area contributed by atoms with E-state index in [0.717, 1.165) is 12.8 Å². The van der Waals surface area contributed by atoms with Gasteiger partial charge in [-0.2, -0.15) is 0 Å². The van der Waals surface area contributed by atoms with Gasteiger partial charge in [0.2, 0.25) is 17.7 Å². The zero-order valence-corrected chi connectivity index (χ0v) is 19.3. The zero-order chi connectivity index (χ0) is 23.2. The average Bonchev–Trinajstić information content (AvgIpc) is 3.30. The second kappa shape index (κ2) is 14.2. The number of methoxy groups -OCH3 is 1. The van der Waals surface area contributed by atoms with E-state index < -0.39 is 0 Å². The maximum atomic E-state index is 12.9. The summed E-state index contributed by atoms with van der Waals surface area (Å²) in [7, 11) is 1.54. The van der Waals surface area contributed by atoms with Gasteiger partial charge >= 0.3 is 0 Å². The molecule has 2 N–H and O–H groups in total. The third-order valence-electron chi connectivity index (χ3n) is 4.39. The Bertz CT molecular complexity index is 843. The number of nitrogens with zero attached hydrogens (tertiary/aromatic N) is 2. The van der Waals surface area contributed by atoms with Gasteiger partial charge in [0.25, 0.3) is 0 Å². The van der Waals surface area contributed by atoms with Crippen LogP contribution in [0.4, 0.5) is 10.8 Å². The number of aromatic nitrogens is 1. The van der Waals surface area contributed by atoms with Crippen LogP contribution in [-0.4, -0.2) is 56.1 Å². The monoisotopic (exact) mass is 462 g/mol. The molecule has 9 nitrogen and oxygen atoms in total. The number of anilines is 2. The number of hydrogen-bond donors (Lipinski definition) is 2. The van der Waals surface area contributed by atoms with Crippen molar-refractivity contribution in [3.8, 4) is 5.75 Å². The second-order valence-electron chi connectivity index (χ2n) is 6.90. The van der Waals surface area contributed by atoms with E-state index in [9.17, 15) is 14.4 Å². The fourth-order valence-corrected chi connectivity index (χ4v) is 3.24. The van der Waals surface area contributed by atoms with Crippen LogP contribution in [0.5, 0.6) is 5.75 Å². The molecule has 1 aromatic carbocycles. The molecule has 174 valence electrons. The van der Waals surface area contributed by atoms with Crippen molar-refractivity contribution in [2.45, 2.75) is 32.6 Å². The first kappa shape index (κ1) is 25.3. The minimum absolute atomic E-state index is 0.0155. The number of benzene rings is 1. The van der Waals surface area contributed by atoms with Crippen molar-refractivity contribution in [1.29, 1.82) is 0 Å². The van der Waals surface area contributed by atoms with Crippen LogP contribution in [0.1, 0.15) is 32.6 Å². The average molecular weight is 463 g/mol. The summed E-state index contributed by atoms with van der Waals surface area (Å²) in [6.45, 7) is 3.27. The summed E-state index contributed by atoms with van der Waals surface area (Å²) in [5.41, 5.74) is 0.556. The van der Waals surface area contributed by atoms with Gasteiger partial charge in [0.15, 0.2) is 5.13 Å². The molecule has 0 aliphatic heterocycles. The van der Waals surface area contributed by atoms with Crippen molar-refractivity contribution in [2.75, 3.05) is 43.6 Å². The maximum Gasteiger partial charge on any atom is 0.240 e. The van der Waals surface area contributed by atoms with Gasteiger partial charge < -0.3 is 25.0 Å². The number of rotatable bonds is 14. The van der Waals surface area contributed by atoms with E-state index in [2.05, 4.69) is 22.5 Å². The van der Waals surface area contributed by atoms with Gasteiger partial charge in [0, 0.05) is 43.8 Å². The molecular formula is C22H30N4O5S. The molecule has 1 aromatic heterocycles. The van der Waals surface area contributed by atoms with Gasteiger partial charge in [-0.05, 0) is 30.7 Å². The lowest BCUT2D eigenvalue weighted by Gasteiger charge is -2.23. The Kier molecular flexibility index (Phi) is 11.2. The van der Waals surface area contributed by atoms with Crippen LogP contribution < -0.4 is 20.3 Å². The summed E-state index contributed by atoms with van der Waals surface area (Å²) in [5.74, 6) is -0.258. The molecule has 0 aliphatic carbocycles. The molecule has 0 atom stereocenters. The smallest absolute Gasteiger partial charge is 0.240 e.